The van der Waals surface area contributed by atoms with Gasteiger partial charge in [-0.3, -0.25) is 9.59 Å². The predicted molar refractivity (Wildman–Crippen MR) is 92.2 cm³/mol. The number of hydrogen-bond donors (Lipinski definition) is 2. The third-order valence-electron chi connectivity index (χ3n) is 2.87. The molecule has 0 spiro atoms. The molecule has 1 aromatic heterocycles. The molecule has 0 saturated carbocycles. The van der Waals surface area contributed by atoms with Gasteiger partial charge in [-0.1, -0.05) is 6.07 Å². The average molecular weight is 334 g/mol. The minimum absolute atomic E-state index is 0.0179. The maximum atomic E-state index is 12.1. The lowest BCUT2D eigenvalue weighted by molar-refractivity contribution is -0.120. The van der Waals surface area contributed by atoms with Crippen LogP contribution in [-0.4, -0.2) is 17.1 Å². The lowest BCUT2D eigenvalue weighted by Crippen LogP contribution is -2.30. The second-order valence-electron chi connectivity index (χ2n) is 4.76. The first kappa shape index (κ1) is 16.6. The molecule has 1 atom stereocenters. The van der Waals surface area contributed by atoms with Crippen molar-refractivity contribution in [3.63, 3.8) is 0 Å². The Kier molecular flexibility index (Phi) is 6.03. The fourth-order valence-electron chi connectivity index (χ4n) is 1.81. The summed E-state index contributed by atoms with van der Waals surface area (Å²) >= 11 is 3.13. The van der Waals surface area contributed by atoms with Crippen molar-refractivity contribution in [2.24, 2.45) is 0 Å². The molecule has 0 radical (unpaired) electrons. The first-order valence-corrected chi connectivity index (χ1v) is 8.65. The zero-order valence-electron chi connectivity index (χ0n) is 12.5. The van der Waals surface area contributed by atoms with Gasteiger partial charge in [-0.25, -0.2) is 0 Å². The highest BCUT2D eigenvalue weighted by Gasteiger charge is 2.14. The lowest BCUT2D eigenvalue weighted by atomic mass is 10.3. The summed E-state index contributed by atoms with van der Waals surface area (Å²) < 4.78 is 0. The van der Waals surface area contributed by atoms with Gasteiger partial charge in [-0.05, 0) is 42.6 Å². The van der Waals surface area contributed by atoms with Crippen molar-refractivity contribution in [2.75, 3.05) is 5.32 Å². The molecule has 2 amide bonds. The molecule has 0 aliphatic rings. The summed E-state index contributed by atoms with van der Waals surface area (Å²) in [7, 11) is 0. The standard InChI is InChI=1S/C16H18N2O2S2/c1-11(16(20)17-10-15-4-3-9-21-15)22-14-7-5-13(6-8-14)18-12(2)19/h3-9,11H,10H2,1-2H3,(H,17,20)(H,18,19). The predicted octanol–water partition coefficient (Wildman–Crippen LogP) is 3.50. The van der Waals surface area contributed by atoms with Gasteiger partial charge in [-0.15, -0.1) is 23.1 Å². The molecule has 0 bridgehead atoms. The van der Waals surface area contributed by atoms with E-state index in [0.717, 1.165) is 15.5 Å². The van der Waals surface area contributed by atoms with Crippen LogP contribution in [-0.2, 0) is 16.1 Å². The molecule has 1 heterocycles. The Morgan fingerprint density at radius 1 is 1.23 bits per heavy atom. The van der Waals surface area contributed by atoms with Crippen molar-refractivity contribution in [1.82, 2.24) is 5.32 Å². The van der Waals surface area contributed by atoms with Gasteiger partial charge in [0.15, 0.2) is 0 Å². The quantitative estimate of drug-likeness (QED) is 0.795. The number of carbonyl (C=O) groups is 2. The first-order chi connectivity index (χ1) is 10.5. The van der Waals surface area contributed by atoms with Crippen LogP contribution in [0.4, 0.5) is 5.69 Å². The van der Waals surface area contributed by atoms with E-state index in [2.05, 4.69) is 10.6 Å². The molecule has 1 unspecified atom stereocenters. The number of amides is 2. The van der Waals surface area contributed by atoms with E-state index < -0.39 is 0 Å². The van der Waals surface area contributed by atoms with Crippen LogP contribution in [0.5, 0.6) is 0 Å². The molecule has 2 rings (SSSR count). The van der Waals surface area contributed by atoms with Gasteiger partial charge in [0.25, 0.3) is 0 Å². The third-order valence-corrected chi connectivity index (χ3v) is 4.86. The molecule has 6 heteroatoms. The largest absolute Gasteiger partial charge is 0.350 e. The highest BCUT2D eigenvalue weighted by molar-refractivity contribution is 8.00. The van der Waals surface area contributed by atoms with Crippen molar-refractivity contribution in [3.05, 3.63) is 46.7 Å². The third kappa shape index (κ3) is 5.20. The van der Waals surface area contributed by atoms with Crippen molar-refractivity contribution >= 4 is 40.6 Å². The van der Waals surface area contributed by atoms with Gasteiger partial charge in [0.2, 0.25) is 11.8 Å². The summed E-state index contributed by atoms with van der Waals surface area (Å²) in [5.74, 6) is -0.0777. The second kappa shape index (κ2) is 8.00. The average Bonchev–Trinajstić information content (AvgIpc) is 2.99. The van der Waals surface area contributed by atoms with Gasteiger partial charge >= 0.3 is 0 Å². The maximum absolute atomic E-state index is 12.1. The number of thioether (sulfide) groups is 1. The summed E-state index contributed by atoms with van der Waals surface area (Å²) in [6.07, 6.45) is 0. The molecule has 0 aliphatic carbocycles. The van der Waals surface area contributed by atoms with Crippen LogP contribution in [0.15, 0.2) is 46.7 Å². The highest BCUT2D eigenvalue weighted by atomic mass is 32.2. The van der Waals surface area contributed by atoms with Crippen LogP contribution < -0.4 is 10.6 Å². The second-order valence-corrected chi connectivity index (χ2v) is 7.21. The van der Waals surface area contributed by atoms with E-state index in [1.54, 1.807) is 11.3 Å². The van der Waals surface area contributed by atoms with Crippen LogP contribution in [0, 0.1) is 0 Å². The SMILES string of the molecule is CC(=O)Nc1ccc(SC(C)C(=O)NCc2cccs2)cc1. The Labute approximate surface area is 138 Å². The Bertz CT molecular complexity index is 624. The fourth-order valence-corrected chi connectivity index (χ4v) is 3.35. The molecule has 0 aliphatic heterocycles. The molecular weight excluding hydrogens is 316 g/mol. The lowest BCUT2D eigenvalue weighted by Gasteiger charge is -2.12. The van der Waals surface area contributed by atoms with Crippen molar-refractivity contribution in [3.8, 4) is 0 Å². The van der Waals surface area contributed by atoms with E-state index in [1.807, 2.05) is 48.7 Å². The molecule has 0 fully saturated rings. The topological polar surface area (TPSA) is 58.2 Å². The number of nitrogens with one attached hydrogen (secondary N) is 2. The molecule has 2 aromatic rings. The Morgan fingerprint density at radius 3 is 2.55 bits per heavy atom. The van der Waals surface area contributed by atoms with Crippen molar-refractivity contribution in [1.29, 1.82) is 0 Å². The van der Waals surface area contributed by atoms with Crippen LogP contribution in [0.3, 0.4) is 0 Å². The highest BCUT2D eigenvalue weighted by Crippen LogP contribution is 2.25. The monoisotopic (exact) mass is 334 g/mol. The van der Waals surface area contributed by atoms with Gasteiger partial charge in [0.05, 0.1) is 11.8 Å². The number of rotatable bonds is 6. The summed E-state index contributed by atoms with van der Waals surface area (Å²) in [4.78, 5) is 25.2. The van der Waals surface area contributed by atoms with Crippen LogP contribution in [0.2, 0.25) is 0 Å². The van der Waals surface area contributed by atoms with Gasteiger partial charge in [0, 0.05) is 22.4 Å². The van der Waals surface area contributed by atoms with E-state index in [0.29, 0.717) is 6.54 Å². The Morgan fingerprint density at radius 2 is 1.95 bits per heavy atom. The molecular formula is C16H18N2O2S2. The zero-order chi connectivity index (χ0) is 15.9. The van der Waals surface area contributed by atoms with Crippen molar-refractivity contribution < 1.29 is 9.59 Å². The normalized spacial score (nSPS) is 11.7. The molecule has 0 saturated heterocycles. The fraction of sp³-hybridized carbons (Fsp3) is 0.250. The van der Waals surface area contributed by atoms with E-state index in [9.17, 15) is 9.59 Å². The summed E-state index contributed by atoms with van der Waals surface area (Å²) in [5, 5.41) is 7.48. The molecule has 1 aromatic carbocycles. The smallest absolute Gasteiger partial charge is 0.233 e. The van der Waals surface area contributed by atoms with E-state index in [-0.39, 0.29) is 17.1 Å². The number of thiophene rings is 1. The number of benzene rings is 1. The van der Waals surface area contributed by atoms with E-state index in [1.165, 1.54) is 18.7 Å². The molecule has 116 valence electrons. The minimum atomic E-state index is -0.174. The minimum Gasteiger partial charge on any atom is -0.350 e. The van der Waals surface area contributed by atoms with Gasteiger partial charge < -0.3 is 10.6 Å². The maximum Gasteiger partial charge on any atom is 0.233 e. The number of hydrogen-bond acceptors (Lipinski definition) is 4. The van der Waals surface area contributed by atoms with Crippen LogP contribution in [0.1, 0.15) is 18.7 Å². The summed E-state index contributed by atoms with van der Waals surface area (Å²) in [5.41, 5.74) is 0.756. The summed E-state index contributed by atoms with van der Waals surface area (Å²) in [6, 6.07) is 11.4. The molecule has 22 heavy (non-hydrogen) atoms. The number of anilines is 1. The van der Waals surface area contributed by atoms with Gasteiger partial charge in [-0.2, -0.15) is 0 Å². The molecule has 2 N–H and O–H groups in total. The van der Waals surface area contributed by atoms with Gasteiger partial charge in [0.1, 0.15) is 0 Å². The Hall–Kier alpha value is -1.79. The van der Waals surface area contributed by atoms with E-state index in [4.69, 9.17) is 0 Å². The van der Waals surface area contributed by atoms with Crippen LogP contribution in [0.25, 0.3) is 0 Å². The molecule has 4 nitrogen and oxygen atoms in total. The zero-order valence-corrected chi connectivity index (χ0v) is 14.1. The number of carbonyl (C=O) groups excluding carboxylic acids is 2. The summed E-state index contributed by atoms with van der Waals surface area (Å²) in [6.45, 7) is 3.93. The van der Waals surface area contributed by atoms with E-state index >= 15 is 0 Å². The first-order valence-electron chi connectivity index (χ1n) is 6.89. The van der Waals surface area contributed by atoms with Crippen LogP contribution >= 0.6 is 23.1 Å². The Balaban J connectivity index is 1.83. The van der Waals surface area contributed by atoms with Crippen molar-refractivity contribution in [2.45, 2.75) is 30.5 Å².